The Hall–Kier alpha value is -3.07. The molecule has 0 aliphatic carbocycles. The molecular weight excluding hydrogens is 502 g/mol. The van der Waals surface area contributed by atoms with Crippen molar-refractivity contribution in [3.63, 3.8) is 0 Å². The van der Waals surface area contributed by atoms with Gasteiger partial charge in [-0.25, -0.2) is 13.4 Å². The number of para-hydroxylation sites is 1. The van der Waals surface area contributed by atoms with Crippen LogP contribution in [0.1, 0.15) is 55.1 Å². The Balaban J connectivity index is 1.68. The second kappa shape index (κ2) is 12.0. The Kier molecular flexibility index (Phi) is 8.74. The molecule has 0 aliphatic heterocycles. The van der Waals surface area contributed by atoms with E-state index in [1.54, 1.807) is 17.0 Å². The van der Waals surface area contributed by atoms with Crippen molar-refractivity contribution in [2.24, 2.45) is 0 Å². The van der Waals surface area contributed by atoms with Crippen molar-refractivity contribution in [2.75, 3.05) is 18.0 Å². The molecule has 0 radical (unpaired) electrons. The topological polar surface area (TPSA) is 70.6 Å². The van der Waals surface area contributed by atoms with Crippen molar-refractivity contribution in [2.45, 2.75) is 51.5 Å². The van der Waals surface area contributed by atoms with Crippen LogP contribution in [0.5, 0.6) is 0 Å². The average Bonchev–Trinajstić information content (AvgIpc) is 3.36. The van der Waals surface area contributed by atoms with Gasteiger partial charge < -0.3 is 0 Å². The van der Waals surface area contributed by atoms with Gasteiger partial charge in [-0.3, -0.25) is 9.69 Å². The fourth-order valence-electron chi connectivity index (χ4n) is 4.24. The summed E-state index contributed by atoms with van der Waals surface area (Å²) in [6.45, 7) is 7.23. The Labute approximate surface area is 223 Å². The van der Waals surface area contributed by atoms with E-state index in [9.17, 15) is 13.2 Å². The molecule has 4 rings (SSSR count). The maximum Gasteiger partial charge on any atom is 0.260 e. The van der Waals surface area contributed by atoms with Crippen molar-refractivity contribution in [1.82, 2.24) is 9.29 Å². The van der Waals surface area contributed by atoms with Gasteiger partial charge in [0.15, 0.2) is 5.13 Å². The lowest BCUT2D eigenvalue weighted by Gasteiger charge is -2.22. The summed E-state index contributed by atoms with van der Waals surface area (Å²) < 4.78 is 28.8. The van der Waals surface area contributed by atoms with E-state index in [0.717, 1.165) is 40.6 Å². The molecule has 194 valence electrons. The van der Waals surface area contributed by atoms with Gasteiger partial charge in [0.1, 0.15) is 0 Å². The molecule has 0 saturated carbocycles. The first kappa shape index (κ1) is 27.0. The van der Waals surface area contributed by atoms with E-state index in [1.165, 1.54) is 27.8 Å². The molecule has 0 saturated heterocycles. The summed E-state index contributed by atoms with van der Waals surface area (Å²) in [7, 11) is -3.61. The van der Waals surface area contributed by atoms with Crippen molar-refractivity contribution in [3.05, 3.63) is 89.5 Å². The van der Waals surface area contributed by atoms with Crippen molar-refractivity contribution >= 4 is 42.6 Å². The molecule has 37 heavy (non-hydrogen) atoms. The smallest absolute Gasteiger partial charge is 0.260 e. The summed E-state index contributed by atoms with van der Waals surface area (Å²) >= 11 is 1.49. The molecule has 0 bridgehead atoms. The molecule has 0 aliphatic rings. The third-order valence-electron chi connectivity index (χ3n) is 6.38. The highest BCUT2D eigenvalue weighted by molar-refractivity contribution is 7.89. The third-order valence-corrected chi connectivity index (χ3v) is 9.42. The number of aromatic nitrogens is 1. The monoisotopic (exact) mass is 535 g/mol. The molecular formula is C29H33N3O3S2. The molecule has 0 atom stereocenters. The van der Waals surface area contributed by atoms with Gasteiger partial charge in [0, 0.05) is 18.7 Å². The van der Waals surface area contributed by atoms with Gasteiger partial charge in [0.05, 0.1) is 21.7 Å². The number of aryl methyl sites for hydroxylation is 1. The second-order valence-corrected chi connectivity index (χ2v) is 11.8. The SMILES string of the molecule is CCCCN(CC)S(=O)(=O)c1ccc(C(=O)N(Cc2ccccc2)c2nc3c(CC)cccc3s2)cc1. The number of amides is 1. The second-order valence-electron chi connectivity index (χ2n) is 8.87. The number of hydrogen-bond acceptors (Lipinski definition) is 5. The van der Waals surface area contributed by atoms with E-state index in [2.05, 4.69) is 13.0 Å². The van der Waals surface area contributed by atoms with Crippen LogP contribution in [0.3, 0.4) is 0 Å². The third kappa shape index (κ3) is 5.92. The summed E-state index contributed by atoms with van der Waals surface area (Å²) in [4.78, 5) is 20.6. The fourth-order valence-corrected chi connectivity index (χ4v) is 6.74. The first-order valence-electron chi connectivity index (χ1n) is 12.7. The number of fused-ring (bicyclic) bond motifs is 1. The predicted octanol–water partition coefficient (Wildman–Crippen LogP) is 6.52. The van der Waals surface area contributed by atoms with Gasteiger partial charge in [-0.15, -0.1) is 0 Å². The lowest BCUT2D eigenvalue weighted by atomic mass is 10.1. The van der Waals surface area contributed by atoms with Gasteiger partial charge in [-0.1, -0.05) is 81.0 Å². The van der Waals surface area contributed by atoms with Crippen molar-refractivity contribution < 1.29 is 13.2 Å². The van der Waals surface area contributed by atoms with E-state index in [4.69, 9.17) is 4.98 Å². The number of carbonyl (C=O) groups excluding carboxylic acids is 1. The van der Waals surface area contributed by atoms with Gasteiger partial charge >= 0.3 is 0 Å². The minimum absolute atomic E-state index is 0.198. The summed E-state index contributed by atoms with van der Waals surface area (Å²) in [5, 5.41) is 0.623. The van der Waals surface area contributed by atoms with E-state index in [-0.39, 0.29) is 10.8 Å². The Bertz CT molecular complexity index is 1450. The molecule has 3 aromatic carbocycles. The summed E-state index contributed by atoms with van der Waals surface area (Å²) in [5.74, 6) is -0.219. The summed E-state index contributed by atoms with van der Waals surface area (Å²) in [5.41, 5.74) is 3.47. The Morgan fingerprint density at radius 1 is 0.919 bits per heavy atom. The van der Waals surface area contributed by atoms with Crippen LogP contribution in [0, 0.1) is 0 Å². The van der Waals surface area contributed by atoms with Crippen LogP contribution in [0.2, 0.25) is 0 Å². The number of rotatable bonds is 11. The summed E-state index contributed by atoms with van der Waals surface area (Å²) in [6.07, 6.45) is 2.58. The molecule has 6 nitrogen and oxygen atoms in total. The average molecular weight is 536 g/mol. The molecule has 8 heteroatoms. The lowest BCUT2D eigenvalue weighted by molar-refractivity contribution is 0.0985. The number of carbonyl (C=O) groups is 1. The zero-order valence-electron chi connectivity index (χ0n) is 21.6. The maximum atomic E-state index is 13.8. The van der Waals surface area contributed by atoms with Crippen molar-refractivity contribution in [3.8, 4) is 0 Å². The number of unbranched alkanes of at least 4 members (excludes halogenated alkanes) is 1. The van der Waals surface area contributed by atoms with Gasteiger partial charge in [0.25, 0.3) is 5.91 Å². The Morgan fingerprint density at radius 2 is 1.65 bits per heavy atom. The van der Waals surface area contributed by atoms with Crippen LogP contribution in [-0.4, -0.2) is 36.7 Å². The quantitative estimate of drug-likeness (QED) is 0.219. The number of hydrogen-bond donors (Lipinski definition) is 0. The normalized spacial score (nSPS) is 11.8. The minimum atomic E-state index is -3.61. The van der Waals surface area contributed by atoms with Crippen LogP contribution in [-0.2, 0) is 23.0 Å². The standard InChI is InChI=1S/C29H33N3O3S2/c1-4-7-20-31(6-3)37(34,35)25-18-16-24(17-19-25)28(33)32(21-22-12-9-8-10-13-22)29-30-27-23(5-2)14-11-15-26(27)36-29/h8-19H,4-7,20-21H2,1-3H3. The molecule has 1 aromatic heterocycles. The van der Waals surface area contributed by atoms with E-state index in [1.807, 2.05) is 56.3 Å². The molecule has 0 fully saturated rings. The van der Waals surface area contributed by atoms with E-state index in [0.29, 0.717) is 30.3 Å². The molecule has 0 N–H and O–H groups in total. The largest absolute Gasteiger partial charge is 0.279 e. The van der Waals surface area contributed by atoms with Gasteiger partial charge in [-0.2, -0.15) is 4.31 Å². The highest BCUT2D eigenvalue weighted by Gasteiger charge is 2.25. The number of anilines is 1. The number of nitrogens with zero attached hydrogens (tertiary/aromatic N) is 3. The Morgan fingerprint density at radius 3 is 2.30 bits per heavy atom. The van der Waals surface area contributed by atoms with Crippen LogP contribution in [0.15, 0.2) is 77.7 Å². The molecule has 1 amide bonds. The minimum Gasteiger partial charge on any atom is -0.279 e. The lowest BCUT2D eigenvalue weighted by Crippen LogP contribution is -2.32. The first-order valence-corrected chi connectivity index (χ1v) is 15.0. The summed E-state index contributed by atoms with van der Waals surface area (Å²) in [6, 6.07) is 22.2. The van der Waals surface area contributed by atoms with E-state index < -0.39 is 10.0 Å². The van der Waals surface area contributed by atoms with Gasteiger partial charge in [-0.05, 0) is 54.3 Å². The molecule has 0 spiro atoms. The predicted molar refractivity (Wildman–Crippen MR) is 152 cm³/mol. The zero-order valence-corrected chi connectivity index (χ0v) is 23.2. The van der Waals surface area contributed by atoms with Gasteiger partial charge in [0.2, 0.25) is 10.0 Å². The molecule has 0 unspecified atom stereocenters. The van der Waals surface area contributed by atoms with E-state index >= 15 is 0 Å². The van der Waals surface area contributed by atoms with Crippen molar-refractivity contribution in [1.29, 1.82) is 0 Å². The molecule has 4 aromatic rings. The van der Waals surface area contributed by atoms with Crippen LogP contribution < -0.4 is 4.90 Å². The maximum absolute atomic E-state index is 13.8. The number of thiazole rings is 1. The first-order chi connectivity index (χ1) is 17.9. The van der Waals surface area contributed by atoms with Crippen LogP contribution in [0.4, 0.5) is 5.13 Å². The fraction of sp³-hybridized carbons (Fsp3) is 0.310. The highest BCUT2D eigenvalue weighted by atomic mass is 32.2. The highest BCUT2D eigenvalue weighted by Crippen LogP contribution is 2.33. The van der Waals surface area contributed by atoms with Crippen LogP contribution in [0.25, 0.3) is 10.2 Å². The number of sulfonamides is 1. The van der Waals surface area contributed by atoms with Crippen LogP contribution >= 0.6 is 11.3 Å². The zero-order chi connectivity index (χ0) is 26.4. The molecule has 1 heterocycles. The number of benzene rings is 3.